The molecule has 24 heavy (non-hydrogen) atoms. The summed E-state index contributed by atoms with van der Waals surface area (Å²) >= 11 is 0. The van der Waals surface area contributed by atoms with Crippen LogP contribution in [0.4, 0.5) is 14.5 Å². The summed E-state index contributed by atoms with van der Waals surface area (Å²) in [7, 11) is 1.75. The van der Waals surface area contributed by atoms with Gasteiger partial charge in [-0.05, 0) is 30.9 Å². The second kappa shape index (κ2) is 10.0. The summed E-state index contributed by atoms with van der Waals surface area (Å²) in [5, 5.41) is 6.67. The van der Waals surface area contributed by atoms with Gasteiger partial charge in [-0.15, -0.1) is 24.0 Å². The standard InChI is InChI=1S/C17H26F2N4.HI/c1-12(2)6-8-21-17(20-3)22-14-7-9-23(11-14)16-5-4-13(18)10-15(16)19;/h4-5,10,12,14H,6-9,11H2,1-3H3,(H2,20,21,22);1H. The fraction of sp³-hybridized carbons (Fsp3) is 0.588. The van der Waals surface area contributed by atoms with Gasteiger partial charge in [0.25, 0.3) is 0 Å². The third-order valence-corrected chi connectivity index (χ3v) is 4.02. The van der Waals surface area contributed by atoms with Crippen molar-refractivity contribution >= 4 is 35.6 Å². The van der Waals surface area contributed by atoms with Gasteiger partial charge in [0.05, 0.1) is 5.69 Å². The summed E-state index contributed by atoms with van der Waals surface area (Å²) in [5.41, 5.74) is 0.457. The number of nitrogens with one attached hydrogen (secondary N) is 2. The molecule has 1 unspecified atom stereocenters. The largest absolute Gasteiger partial charge is 0.367 e. The summed E-state index contributed by atoms with van der Waals surface area (Å²) in [6, 6.07) is 3.93. The molecule has 136 valence electrons. The van der Waals surface area contributed by atoms with Crippen LogP contribution in [0.25, 0.3) is 0 Å². The highest BCUT2D eigenvalue weighted by atomic mass is 127. The molecule has 4 nitrogen and oxygen atoms in total. The van der Waals surface area contributed by atoms with Crippen molar-refractivity contribution < 1.29 is 8.78 Å². The van der Waals surface area contributed by atoms with E-state index in [1.54, 1.807) is 7.05 Å². The Morgan fingerprint density at radius 2 is 2.12 bits per heavy atom. The maximum absolute atomic E-state index is 13.9. The third kappa shape index (κ3) is 6.07. The fourth-order valence-corrected chi connectivity index (χ4v) is 2.70. The van der Waals surface area contributed by atoms with Crippen LogP contribution in [0.2, 0.25) is 0 Å². The Hall–Kier alpha value is -1.12. The van der Waals surface area contributed by atoms with Gasteiger partial charge >= 0.3 is 0 Å². The lowest BCUT2D eigenvalue weighted by atomic mass is 10.1. The Morgan fingerprint density at radius 1 is 1.38 bits per heavy atom. The predicted octanol–water partition coefficient (Wildman–Crippen LogP) is 3.37. The summed E-state index contributed by atoms with van der Waals surface area (Å²) < 4.78 is 26.9. The van der Waals surface area contributed by atoms with Gasteiger partial charge in [-0.3, -0.25) is 4.99 Å². The van der Waals surface area contributed by atoms with Gasteiger partial charge in [0.1, 0.15) is 11.6 Å². The SMILES string of the molecule is CN=C(NCCC(C)C)NC1CCN(c2ccc(F)cc2F)C1.I. The maximum atomic E-state index is 13.9. The number of rotatable bonds is 5. The van der Waals surface area contributed by atoms with Crippen molar-refractivity contribution in [2.24, 2.45) is 10.9 Å². The number of anilines is 1. The average molecular weight is 452 g/mol. The molecule has 1 aliphatic rings. The molecule has 1 aromatic carbocycles. The predicted molar refractivity (Wildman–Crippen MR) is 106 cm³/mol. The number of benzene rings is 1. The highest BCUT2D eigenvalue weighted by Gasteiger charge is 2.25. The molecule has 0 aromatic heterocycles. The Morgan fingerprint density at radius 3 is 2.75 bits per heavy atom. The first-order valence-electron chi connectivity index (χ1n) is 8.16. The zero-order valence-corrected chi connectivity index (χ0v) is 16.8. The topological polar surface area (TPSA) is 39.7 Å². The minimum Gasteiger partial charge on any atom is -0.367 e. The minimum absolute atomic E-state index is 0. The van der Waals surface area contributed by atoms with Crippen LogP contribution < -0.4 is 15.5 Å². The molecule has 0 aliphatic carbocycles. The molecule has 1 atom stereocenters. The second-order valence-electron chi connectivity index (χ2n) is 6.35. The summed E-state index contributed by atoms with van der Waals surface area (Å²) in [6.07, 6.45) is 1.97. The average Bonchev–Trinajstić information content (AvgIpc) is 2.94. The van der Waals surface area contributed by atoms with Crippen molar-refractivity contribution in [2.45, 2.75) is 32.7 Å². The van der Waals surface area contributed by atoms with Crippen LogP contribution in [0.3, 0.4) is 0 Å². The Balaban J connectivity index is 0.00000288. The van der Waals surface area contributed by atoms with Gasteiger partial charge in [0.2, 0.25) is 0 Å². The number of halogens is 3. The van der Waals surface area contributed by atoms with Crippen molar-refractivity contribution in [2.75, 3.05) is 31.6 Å². The van der Waals surface area contributed by atoms with Gasteiger partial charge in [0.15, 0.2) is 5.96 Å². The number of hydrogen-bond donors (Lipinski definition) is 2. The molecular formula is C17H27F2IN4. The number of aliphatic imine (C=N–C) groups is 1. The minimum atomic E-state index is -0.546. The Labute approximate surface area is 160 Å². The smallest absolute Gasteiger partial charge is 0.191 e. The van der Waals surface area contributed by atoms with E-state index in [1.165, 1.54) is 12.1 Å². The van der Waals surface area contributed by atoms with Crippen LogP contribution in [0.5, 0.6) is 0 Å². The molecule has 1 fully saturated rings. The first-order valence-corrected chi connectivity index (χ1v) is 8.16. The van der Waals surface area contributed by atoms with Crippen LogP contribution in [0.1, 0.15) is 26.7 Å². The lowest BCUT2D eigenvalue weighted by Crippen LogP contribution is -2.45. The Bertz CT molecular complexity index is 551. The molecule has 0 spiro atoms. The first kappa shape index (κ1) is 20.9. The number of hydrogen-bond acceptors (Lipinski definition) is 2. The maximum Gasteiger partial charge on any atom is 0.191 e. The van der Waals surface area contributed by atoms with E-state index in [2.05, 4.69) is 29.5 Å². The summed E-state index contributed by atoms with van der Waals surface area (Å²) in [6.45, 7) is 6.66. The molecule has 0 amide bonds. The van der Waals surface area contributed by atoms with E-state index in [0.717, 1.165) is 38.0 Å². The van der Waals surface area contributed by atoms with Crippen molar-refractivity contribution in [3.8, 4) is 0 Å². The fourth-order valence-electron chi connectivity index (χ4n) is 2.70. The van der Waals surface area contributed by atoms with Crippen LogP contribution in [0, 0.1) is 17.6 Å². The molecule has 0 saturated carbocycles. The summed E-state index contributed by atoms with van der Waals surface area (Å²) in [5.74, 6) is 0.362. The molecular weight excluding hydrogens is 425 g/mol. The van der Waals surface area contributed by atoms with E-state index in [9.17, 15) is 8.78 Å². The monoisotopic (exact) mass is 452 g/mol. The molecule has 1 aliphatic heterocycles. The van der Waals surface area contributed by atoms with Gasteiger partial charge in [-0.2, -0.15) is 0 Å². The number of nitrogens with zero attached hydrogens (tertiary/aromatic N) is 2. The van der Waals surface area contributed by atoms with Crippen molar-refractivity contribution in [3.05, 3.63) is 29.8 Å². The van der Waals surface area contributed by atoms with E-state index < -0.39 is 11.6 Å². The lowest BCUT2D eigenvalue weighted by molar-refractivity contribution is 0.567. The van der Waals surface area contributed by atoms with Gasteiger partial charge in [-0.25, -0.2) is 8.78 Å². The van der Waals surface area contributed by atoms with Crippen LogP contribution in [-0.2, 0) is 0 Å². The highest BCUT2D eigenvalue weighted by Crippen LogP contribution is 2.24. The van der Waals surface area contributed by atoms with Gasteiger partial charge < -0.3 is 15.5 Å². The highest BCUT2D eigenvalue weighted by molar-refractivity contribution is 14.0. The normalized spacial score (nSPS) is 17.8. The van der Waals surface area contributed by atoms with Crippen LogP contribution in [0.15, 0.2) is 23.2 Å². The molecule has 0 bridgehead atoms. The molecule has 1 heterocycles. The van der Waals surface area contributed by atoms with E-state index in [-0.39, 0.29) is 30.0 Å². The zero-order chi connectivity index (χ0) is 16.8. The molecule has 0 radical (unpaired) electrons. The molecule has 7 heteroatoms. The van der Waals surface area contributed by atoms with Crippen LogP contribution in [-0.4, -0.2) is 38.7 Å². The van der Waals surface area contributed by atoms with Crippen molar-refractivity contribution in [1.82, 2.24) is 10.6 Å². The molecule has 1 saturated heterocycles. The van der Waals surface area contributed by atoms with Gasteiger partial charge in [0, 0.05) is 38.8 Å². The van der Waals surface area contributed by atoms with Gasteiger partial charge in [-0.1, -0.05) is 13.8 Å². The van der Waals surface area contributed by atoms with E-state index in [1.807, 2.05) is 4.90 Å². The van der Waals surface area contributed by atoms with E-state index in [4.69, 9.17) is 0 Å². The second-order valence-corrected chi connectivity index (χ2v) is 6.35. The third-order valence-electron chi connectivity index (χ3n) is 4.02. The number of guanidine groups is 1. The quantitative estimate of drug-likeness (QED) is 0.409. The lowest BCUT2D eigenvalue weighted by Gasteiger charge is -2.21. The molecule has 1 aromatic rings. The molecule has 2 N–H and O–H groups in total. The summed E-state index contributed by atoms with van der Waals surface area (Å²) in [4.78, 5) is 6.17. The van der Waals surface area contributed by atoms with E-state index >= 15 is 0 Å². The van der Waals surface area contributed by atoms with Crippen molar-refractivity contribution in [3.63, 3.8) is 0 Å². The zero-order valence-electron chi connectivity index (χ0n) is 14.5. The Kier molecular flexibility index (Phi) is 8.72. The first-order chi connectivity index (χ1) is 11.0. The van der Waals surface area contributed by atoms with Crippen LogP contribution >= 0.6 is 24.0 Å². The van der Waals surface area contributed by atoms with E-state index in [0.29, 0.717) is 18.2 Å². The molecule has 2 rings (SSSR count). The van der Waals surface area contributed by atoms with Crippen molar-refractivity contribution in [1.29, 1.82) is 0 Å².